The normalized spacial score (nSPS) is 10.5. The predicted octanol–water partition coefficient (Wildman–Crippen LogP) is 3.15. The van der Waals surface area contributed by atoms with Gasteiger partial charge in [0.15, 0.2) is 5.82 Å². The maximum Gasteiger partial charge on any atom is 0.323 e. The molecule has 0 unspecified atom stereocenters. The topological polar surface area (TPSA) is 60.0 Å². The smallest absolute Gasteiger partial charge is 0.323 e. The molecule has 5 nitrogen and oxygen atoms in total. The summed E-state index contributed by atoms with van der Waals surface area (Å²) in [5, 5.41) is 13.7. The Morgan fingerprint density at radius 1 is 1.05 bits per heavy atom. The summed E-state index contributed by atoms with van der Waals surface area (Å²) in [6.07, 6.45) is 0. The Balaban J connectivity index is 2.21. The highest BCUT2D eigenvalue weighted by atomic mass is 32.1. The van der Waals surface area contributed by atoms with Crippen LogP contribution in [0, 0.1) is 4.77 Å². The highest BCUT2D eigenvalue weighted by Crippen LogP contribution is 2.20. The lowest BCUT2D eigenvalue weighted by atomic mass is 10.2. The van der Waals surface area contributed by atoms with Crippen molar-refractivity contribution in [2.45, 2.75) is 6.54 Å². The van der Waals surface area contributed by atoms with Crippen LogP contribution in [0.2, 0.25) is 0 Å². The molecule has 1 heterocycles. The SMILES string of the molecule is O=C(O)Cn1c(-c2ccccc2)nn(-c2ccccc2)c1=S. The summed E-state index contributed by atoms with van der Waals surface area (Å²) in [6.45, 7) is -0.226. The van der Waals surface area contributed by atoms with Crippen molar-refractivity contribution in [3.8, 4) is 17.1 Å². The van der Waals surface area contributed by atoms with Gasteiger partial charge in [-0.3, -0.25) is 9.36 Å². The van der Waals surface area contributed by atoms with Crippen LogP contribution in [0.25, 0.3) is 17.1 Å². The predicted molar refractivity (Wildman–Crippen MR) is 85.5 cm³/mol. The fourth-order valence-electron chi connectivity index (χ4n) is 2.21. The van der Waals surface area contributed by atoms with Gasteiger partial charge in [0.05, 0.1) is 5.69 Å². The van der Waals surface area contributed by atoms with Crippen LogP contribution in [0.3, 0.4) is 0 Å². The first-order chi connectivity index (χ1) is 10.7. The number of hydrogen-bond donors (Lipinski definition) is 1. The van der Waals surface area contributed by atoms with E-state index in [1.54, 1.807) is 4.68 Å². The number of benzene rings is 2. The summed E-state index contributed by atoms with van der Waals surface area (Å²) in [4.78, 5) is 11.1. The Morgan fingerprint density at radius 2 is 1.64 bits per heavy atom. The molecule has 0 aliphatic carbocycles. The molecule has 0 atom stereocenters. The standard InChI is InChI=1S/C16H13N3O2S/c20-14(21)11-18-15(12-7-3-1-4-8-12)17-19(16(18)22)13-9-5-2-6-10-13/h1-10H,11H2,(H,20,21). The Bertz CT molecular complexity index is 854. The van der Waals surface area contributed by atoms with Gasteiger partial charge in [-0.1, -0.05) is 48.5 Å². The molecule has 0 saturated carbocycles. The first-order valence-electron chi connectivity index (χ1n) is 6.69. The quantitative estimate of drug-likeness (QED) is 0.752. The second-order valence-electron chi connectivity index (χ2n) is 4.70. The number of rotatable bonds is 4. The van der Waals surface area contributed by atoms with Gasteiger partial charge in [0.1, 0.15) is 6.54 Å². The zero-order valence-corrected chi connectivity index (χ0v) is 12.4. The maximum atomic E-state index is 11.1. The van der Waals surface area contributed by atoms with Crippen molar-refractivity contribution in [1.29, 1.82) is 0 Å². The summed E-state index contributed by atoms with van der Waals surface area (Å²) in [5.74, 6) is -0.419. The summed E-state index contributed by atoms with van der Waals surface area (Å²) in [7, 11) is 0. The molecule has 1 N–H and O–H groups in total. The van der Waals surface area contributed by atoms with Crippen LogP contribution >= 0.6 is 12.2 Å². The van der Waals surface area contributed by atoms with Crippen LogP contribution in [0.15, 0.2) is 60.7 Å². The van der Waals surface area contributed by atoms with Crippen LogP contribution < -0.4 is 0 Å². The van der Waals surface area contributed by atoms with Crippen LogP contribution in [0.1, 0.15) is 0 Å². The highest BCUT2D eigenvalue weighted by Gasteiger charge is 2.15. The molecule has 3 rings (SSSR count). The number of carboxylic acids is 1. The van der Waals surface area contributed by atoms with E-state index >= 15 is 0 Å². The molecule has 0 aliphatic rings. The minimum atomic E-state index is -0.958. The van der Waals surface area contributed by atoms with Gasteiger partial charge in [-0.2, -0.15) is 0 Å². The van der Waals surface area contributed by atoms with Gasteiger partial charge in [0.25, 0.3) is 0 Å². The molecule has 0 aliphatic heterocycles. The lowest BCUT2D eigenvalue weighted by Crippen LogP contribution is -2.10. The second kappa shape index (κ2) is 5.95. The molecule has 0 bridgehead atoms. The number of para-hydroxylation sites is 1. The van der Waals surface area contributed by atoms with Crippen molar-refractivity contribution in [2.24, 2.45) is 0 Å². The van der Waals surface area contributed by atoms with E-state index < -0.39 is 5.97 Å². The Labute approximate surface area is 132 Å². The largest absolute Gasteiger partial charge is 0.480 e. The van der Waals surface area contributed by atoms with E-state index in [2.05, 4.69) is 5.10 Å². The van der Waals surface area contributed by atoms with Gasteiger partial charge >= 0.3 is 5.97 Å². The monoisotopic (exact) mass is 311 g/mol. The lowest BCUT2D eigenvalue weighted by Gasteiger charge is -2.02. The minimum Gasteiger partial charge on any atom is -0.480 e. The fourth-order valence-corrected chi connectivity index (χ4v) is 2.51. The molecule has 0 radical (unpaired) electrons. The van der Waals surface area contributed by atoms with Gasteiger partial charge in [-0.05, 0) is 24.4 Å². The molecule has 0 fully saturated rings. The van der Waals surface area contributed by atoms with Crippen molar-refractivity contribution in [1.82, 2.24) is 14.3 Å². The maximum absolute atomic E-state index is 11.1. The number of carbonyl (C=O) groups is 1. The third-order valence-electron chi connectivity index (χ3n) is 3.19. The molecule has 0 spiro atoms. The molecule has 6 heteroatoms. The van der Waals surface area contributed by atoms with Gasteiger partial charge in [0.2, 0.25) is 4.77 Å². The highest BCUT2D eigenvalue weighted by molar-refractivity contribution is 7.71. The molecule has 3 aromatic rings. The van der Waals surface area contributed by atoms with Crippen molar-refractivity contribution in [3.05, 3.63) is 65.4 Å². The van der Waals surface area contributed by atoms with E-state index in [4.69, 9.17) is 17.3 Å². The Kier molecular flexibility index (Phi) is 3.84. The van der Waals surface area contributed by atoms with Crippen LogP contribution in [0.5, 0.6) is 0 Å². The number of aromatic nitrogens is 3. The van der Waals surface area contributed by atoms with Crippen LogP contribution in [0.4, 0.5) is 0 Å². The summed E-state index contributed by atoms with van der Waals surface area (Å²) < 4.78 is 3.47. The van der Waals surface area contributed by atoms with Crippen molar-refractivity contribution < 1.29 is 9.90 Å². The summed E-state index contributed by atoms with van der Waals surface area (Å²) in [6, 6.07) is 18.8. The van der Waals surface area contributed by atoms with Crippen molar-refractivity contribution in [2.75, 3.05) is 0 Å². The molecular weight excluding hydrogens is 298 g/mol. The average Bonchev–Trinajstić information content (AvgIpc) is 2.86. The zero-order valence-electron chi connectivity index (χ0n) is 11.6. The van der Waals surface area contributed by atoms with E-state index in [-0.39, 0.29) is 6.54 Å². The summed E-state index contributed by atoms with van der Waals surface area (Å²) >= 11 is 5.41. The van der Waals surface area contributed by atoms with Gasteiger partial charge in [-0.15, -0.1) is 5.10 Å². The van der Waals surface area contributed by atoms with E-state index in [1.807, 2.05) is 60.7 Å². The average molecular weight is 311 g/mol. The number of nitrogens with zero attached hydrogens (tertiary/aromatic N) is 3. The summed E-state index contributed by atoms with van der Waals surface area (Å²) in [5.41, 5.74) is 1.62. The molecule has 110 valence electrons. The molecule has 22 heavy (non-hydrogen) atoms. The number of hydrogen-bond acceptors (Lipinski definition) is 3. The minimum absolute atomic E-state index is 0.226. The molecule has 0 saturated heterocycles. The van der Waals surface area contributed by atoms with Gasteiger partial charge < -0.3 is 5.11 Å². The van der Waals surface area contributed by atoms with E-state index in [1.165, 1.54) is 4.57 Å². The van der Waals surface area contributed by atoms with Crippen LogP contribution in [-0.2, 0) is 11.3 Å². The first kappa shape index (κ1) is 14.2. The van der Waals surface area contributed by atoms with Crippen LogP contribution in [-0.4, -0.2) is 25.4 Å². The van der Waals surface area contributed by atoms with Gasteiger partial charge in [-0.25, -0.2) is 4.68 Å². The van der Waals surface area contributed by atoms with Crippen molar-refractivity contribution >= 4 is 18.2 Å². The van der Waals surface area contributed by atoms with E-state index in [9.17, 15) is 4.79 Å². The Morgan fingerprint density at radius 3 is 2.23 bits per heavy atom. The lowest BCUT2D eigenvalue weighted by molar-refractivity contribution is -0.137. The molecular formula is C16H13N3O2S. The molecule has 0 amide bonds. The van der Waals surface area contributed by atoms with Crippen molar-refractivity contribution in [3.63, 3.8) is 0 Å². The number of aliphatic carboxylic acids is 1. The number of carboxylic acid groups (broad SMARTS) is 1. The second-order valence-corrected chi connectivity index (χ2v) is 5.06. The molecule has 1 aromatic heterocycles. The molecule has 2 aromatic carbocycles. The first-order valence-corrected chi connectivity index (χ1v) is 7.10. The van der Waals surface area contributed by atoms with E-state index in [0.717, 1.165) is 11.3 Å². The zero-order chi connectivity index (χ0) is 15.5. The third kappa shape index (κ3) is 2.68. The Hall–Kier alpha value is -2.73. The fraction of sp³-hybridized carbons (Fsp3) is 0.0625. The third-order valence-corrected chi connectivity index (χ3v) is 3.58. The van der Waals surface area contributed by atoms with Gasteiger partial charge in [0, 0.05) is 5.56 Å². The van der Waals surface area contributed by atoms with E-state index in [0.29, 0.717) is 10.6 Å².